The molecule has 3 heterocycles. The minimum Gasteiger partial charge on any atom is -0.497 e. The van der Waals surface area contributed by atoms with Crippen LogP contribution in [0.25, 0.3) is 22.3 Å². The molecule has 0 amide bonds. The molecule has 5 rings (SSSR count). The van der Waals surface area contributed by atoms with Gasteiger partial charge in [0, 0.05) is 11.6 Å². The summed E-state index contributed by atoms with van der Waals surface area (Å²) in [6.45, 7) is 0.823. The van der Waals surface area contributed by atoms with Crippen molar-refractivity contribution in [3.8, 4) is 17.0 Å². The maximum atomic E-state index is 12.7. The van der Waals surface area contributed by atoms with Gasteiger partial charge in [0.25, 0.3) is 5.56 Å². The smallest absolute Gasteiger partial charge is 0.267 e. The SMILES string of the molecule is COc1cccc(-c2ccc(=O)n(C3COCC3Nc3cnc4ccccc4n3)n2)c1. The van der Waals surface area contributed by atoms with Gasteiger partial charge in [-0.1, -0.05) is 24.3 Å². The molecule has 0 aliphatic carbocycles. The van der Waals surface area contributed by atoms with E-state index in [1.807, 2.05) is 48.5 Å². The van der Waals surface area contributed by atoms with Crippen LogP contribution in [0.5, 0.6) is 5.75 Å². The van der Waals surface area contributed by atoms with Gasteiger partial charge >= 0.3 is 0 Å². The molecular formula is C23H21N5O3. The molecule has 1 N–H and O–H groups in total. The summed E-state index contributed by atoms with van der Waals surface area (Å²) in [5, 5.41) is 8.00. The van der Waals surface area contributed by atoms with Gasteiger partial charge in [-0.2, -0.15) is 5.10 Å². The van der Waals surface area contributed by atoms with Crippen LogP contribution < -0.4 is 15.6 Å². The molecule has 2 aromatic carbocycles. The van der Waals surface area contributed by atoms with E-state index >= 15 is 0 Å². The second kappa shape index (κ2) is 8.16. The monoisotopic (exact) mass is 415 g/mol. The largest absolute Gasteiger partial charge is 0.497 e. The van der Waals surface area contributed by atoms with Gasteiger partial charge in [-0.25, -0.2) is 9.67 Å². The van der Waals surface area contributed by atoms with Crippen molar-refractivity contribution in [2.75, 3.05) is 25.6 Å². The lowest BCUT2D eigenvalue weighted by molar-refractivity contribution is 0.183. The molecule has 0 spiro atoms. The molecule has 2 atom stereocenters. The van der Waals surface area contributed by atoms with Gasteiger partial charge < -0.3 is 14.8 Å². The molecule has 1 aliphatic rings. The highest BCUT2D eigenvalue weighted by molar-refractivity contribution is 5.75. The maximum absolute atomic E-state index is 12.7. The summed E-state index contributed by atoms with van der Waals surface area (Å²) in [5.74, 6) is 1.37. The van der Waals surface area contributed by atoms with Crippen LogP contribution in [-0.4, -0.2) is 46.1 Å². The molecule has 4 aromatic rings. The fourth-order valence-electron chi connectivity index (χ4n) is 3.74. The number of nitrogens with one attached hydrogen (secondary N) is 1. The highest BCUT2D eigenvalue weighted by Crippen LogP contribution is 2.25. The first kappa shape index (κ1) is 19.2. The Balaban J connectivity index is 1.45. The van der Waals surface area contributed by atoms with Crippen LogP contribution >= 0.6 is 0 Å². The van der Waals surface area contributed by atoms with E-state index in [0.717, 1.165) is 22.3 Å². The molecule has 0 bridgehead atoms. The van der Waals surface area contributed by atoms with Crippen LogP contribution in [0.1, 0.15) is 6.04 Å². The zero-order chi connectivity index (χ0) is 21.2. The number of methoxy groups -OCH3 is 1. The number of rotatable bonds is 5. The first-order valence-electron chi connectivity index (χ1n) is 10.0. The van der Waals surface area contributed by atoms with E-state index in [0.29, 0.717) is 24.7 Å². The molecule has 2 unspecified atom stereocenters. The third-order valence-electron chi connectivity index (χ3n) is 5.34. The van der Waals surface area contributed by atoms with E-state index in [4.69, 9.17) is 9.47 Å². The topological polar surface area (TPSA) is 91.2 Å². The predicted molar refractivity (Wildman–Crippen MR) is 117 cm³/mol. The lowest BCUT2D eigenvalue weighted by Gasteiger charge is -2.21. The zero-order valence-corrected chi connectivity index (χ0v) is 16.9. The van der Waals surface area contributed by atoms with Gasteiger partial charge in [0.2, 0.25) is 0 Å². The summed E-state index contributed by atoms with van der Waals surface area (Å²) in [7, 11) is 1.62. The molecule has 0 saturated carbocycles. The van der Waals surface area contributed by atoms with Crippen molar-refractivity contribution >= 4 is 16.9 Å². The fraction of sp³-hybridized carbons (Fsp3) is 0.217. The van der Waals surface area contributed by atoms with Gasteiger partial charge in [-0.3, -0.25) is 9.78 Å². The molecule has 8 nitrogen and oxygen atoms in total. The predicted octanol–water partition coefficient (Wildman–Crippen LogP) is 2.91. The van der Waals surface area contributed by atoms with Crippen molar-refractivity contribution in [2.24, 2.45) is 0 Å². The van der Waals surface area contributed by atoms with E-state index in [1.165, 1.54) is 10.7 Å². The van der Waals surface area contributed by atoms with Crippen molar-refractivity contribution < 1.29 is 9.47 Å². The van der Waals surface area contributed by atoms with Crippen molar-refractivity contribution in [3.63, 3.8) is 0 Å². The first-order valence-corrected chi connectivity index (χ1v) is 10.0. The molecule has 156 valence electrons. The Morgan fingerprint density at radius 2 is 1.94 bits per heavy atom. The Morgan fingerprint density at radius 1 is 1.06 bits per heavy atom. The standard InChI is InChI=1S/C23H21N5O3/c1-30-16-6-4-5-15(11-16)17-9-10-23(29)28(27-17)21-14-31-13-20(21)26-22-12-24-18-7-2-3-8-19(18)25-22/h2-12,20-21H,13-14H2,1H3,(H,25,26). The summed E-state index contributed by atoms with van der Waals surface area (Å²) >= 11 is 0. The Bertz CT molecular complexity index is 1290. The minimum absolute atomic E-state index is 0.166. The number of hydrogen-bond donors (Lipinski definition) is 1. The maximum Gasteiger partial charge on any atom is 0.267 e. The van der Waals surface area contributed by atoms with Crippen LogP contribution in [0.2, 0.25) is 0 Å². The number of fused-ring (bicyclic) bond motifs is 1. The molecule has 1 aliphatic heterocycles. The van der Waals surface area contributed by atoms with Crippen molar-refractivity contribution in [2.45, 2.75) is 12.1 Å². The van der Waals surface area contributed by atoms with E-state index in [9.17, 15) is 4.79 Å². The number of hydrogen-bond acceptors (Lipinski definition) is 7. The number of anilines is 1. The van der Waals surface area contributed by atoms with Crippen LogP contribution in [0.3, 0.4) is 0 Å². The number of aromatic nitrogens is 4. The van der Waals surface area contributed by atoms with Crippen molar-refractivity contribution in [1.29, 1.82) is 0 Å². The number of para-hydroxylation sites is 2. The fourth-order valence-corrected chi connectivity index (χ4v) is 3.74. The van der Waals surface area contributed by atoms with E-state index in [1.54, 1.807) is 19.4 Å². The number of benzene rings is 2. The lowest BCUT2D eigenvalue weighted by atomic mass is 10.1. The van der Waals surface area contributed by atoms with Gasteiger partial charge in [0.1, 0.15) is 17.6 Å². The summed E-state index contributed by atoms with van der Waals surface area (Å²) in [6.07, 6.45) is 1.70. The van der Waals surface area contributed by atoms with E-state index in [-0.39, 0.29) is 17.6 Å². The molecule has 31 heavy (non-hydrogen) atoms. The van der Waals surface area contributed by atoms with Crippen molar-refractivity contribution in [1.82, 2.24) is 19.7 Å². The van der Waals surface area contributed by atoms with Gasteiger partial charge in [-0.15, -0.1) is 0 Å². The Kier molecular flexibility index (Phi) is 5.05. The van der Waals surface area contributed by atoms with Crippen LogP contribution in [0.15, 0.2) is 71.7 Å². The Hall–Kier alpha value is -3.78. The third-order valence-corrected chi connectivity index (χ3v) is 5.34. The Morgan fingerprint density at radius 3 is 2.81 bits per heavy atom. The average molecular weight is 415 g/mol. The zero-order valence-electron chi connectivity index (χ0n) is 16.9. The van der Waals surface area contributed by atoms with Gasteiger partial charge in [0.05, 0.1) is 49.3 Å². The Labute approximate surface area is 178 Å². The highest BCUT2D eigenvalue weighted by atomic mass is 16.5. The normalized spacial score (nSPS) is 18.2. The van der Waals surface area contributed by atoms with E-state index in [2.05, 4.69) is 20.4 Å². The lowest BCUT2D eigenvalue weighted by Crippen LogP contribution is -2.37. The van der Waals surface area contributed by atoms with Crippen LogP contribution in [-0.2, 0) is 4.74 Å². The molecule has 0 radical (unpaired) electrons. The molecule has 2 aromatic heterocycles. The summed E-state index contributed by atoms with van der Waals surface area (Å²) in [4.78, 5) is 21.7. The molecule has 8 heteroatoms. The minimum atomic E-state index is -0.272. The second-order valence-corrected chi connectivity index (χ2v) is 7.33. The molecular weight excluding hydrogens is 394 g/mol. The summed E-state index contributed by atoms with van der Waals surface area (Å²) < 4.78 is 12.5. The third kappa shape index (κ3) is 3.85. The van der Waals surface area contributed by atoms with Crippen molar-refractivity contribution in [3.05, 3.63) is 77.2 Å². The first-order chi connectivity index (χ1) is 15.2. The number of ether oxygens (including phenoxy) is 2. The molecule has 1 fully saturated rings. The number of nitrogens with zero attached hydrogens (tertiary/aromatic N) is 4. The quantitative estimate of drug-likeness (QED) is 0.536. The van der Waals surface area contributed by atoms with Gasteiger partial charge in [0.15, 0.2) is 0 Å². The second-order valence-electron chi connectivity index (χ2n) is 7.33. The van der Waals surface area contributed by atoms with E-state index < -0.39 is 0 Å². The van der Waals surface area contributed by atoms with Gasteiger partial charge in [-0.05, 0) is 30.3 Å². The summed E-state index contributed by atoms with van der Waals surface area (Å²) in [5.41, 5.74) is 3.01. The van der Waals surface area contributed by atoms with Crippen LogP contribution in [0.4, 0.5) is 5.82 Å². The highest BCUT2D eigenvalue weighted by Gasteiger charge is 2.32. The summed E-state index contributed by atoms with van der Waals surface area (Å²) in [6, 6.07) is 18.1. The van der Waals surface area contributed by atoms with Crippen LogP contribution in [0, 0.1) is 0 Å². The molecule has 1 saturated heterocycles. The average Bonchev–Trinajstić information content (AvgIpc) is 3.27.